The topological polar surface area (TPSA) is 207 Å². The second kappa shape index (κ2) is 36.1. The molecule has 1 N–H and O–H groups in total. The van der Waals surface area contributed by atoms with Crippen LogP contribution in [0.2, 0.25) is 0 Å². The molecular formula is C49H92N3O16P. The Balaban J connectivity index is 1.82. The quantitative estimate of drug-likeness (QED) is 0.0206. The highest BCUT2D eigenvalue weighted by Gasteiger charge is 2.57. The largest absolute Gasteiger partial charge is 0.387 e. The molecule has 4 aliphatic rings. The highest BCUT2D eigenvalue weighted by atomic mass is 31.0. The van der Waals surface area contributed by atoms with Crippen molar-refractivity contribution in [1.82, 2.24) is 0 Å². The molecule has 0 bridgehead atoms. The molecule has 0 amide bonds. The Bertz CT molecular complexity index is 1350. The van der Waals surface area contributed by atoms with E-state index < -0.39 is 98.1 Å². The molecule has 19 nitrogen and oxygen atoms in total. The summed E-state index contributed by atoms with van der Waals surface area (Å²) in [6, 6.07) is -0.599. The van der Waals surface area contributed by atoms with Crippen molar-refractivity contribution in [2.75, 3.05) is 79.2 Å². The molecule has 4 aliphatic heterocycles. The van der Waals surface area contributed by atoms with Gasteiger partial charge in [-0.3, -0.25) is 0 Å². The lowest BCUT2D eigenvalue weighted by Gasteiger charge is -2.52. The molecule has 4 fully saturated rings. The Labute approximate surface area is 415 Å². The zero-order chi connectivity index (χ0) is 49.6. The number of hydrogen-bond donors (Lipinski definition) is 1. The smallest absolute Gasteiger partial charge is 0.187 e. The Kier molecular flexibility index (Phi) is 31.7. The Morgan fingerprint density at radius 3 is 1.41 bits per heavy atom. The molecule has 0 radical (unpaired) electrons. The van der Waals surface area contributed by atoms with E-state index >= 15 is 0 Å². The lowest BCUT2D eigenvalue weighted by atomic mass is 9.95. The molecular weight excluding hydrogens is 918 g/mol. The third-order valence-electron chi connectivity index (χ3n) is 12.5. The van der Waals surface area contributed by atoms with Crippen LogP contribution in [0.1, 0.15) is 138 Å². The van der Waals surface area contributed by atoms with Crippen molar-refractivity contribution in [1.29, 1.82) is 0 Å². The molecule has 0 saturated carbocycles. The second-order valence-corrected chi connectivity index (χ2v) is 18.8. The van der Waals surface area contributed by atoms with E-state index in [-0.39, 0.29) is 33.0 Å². The van der Waals surface area contributed by atoms with Gasteiger partial charge in [0.15, 0.2) is 24.9 Å². The summed E-state index contributed by atoms with van der Waals surface area (Å²) in [6.07, 6.45) is -0.370. The van der Waals surface area contributed by atoms with E-state index in [9.17, 15) is 5.11 Å². The molecule has 0 spiro atoms. The summed E-state index contributed by atoms with van der Waals surface area (Å²) in [6.45, 7) is 18.6. The number of fused-ring (bicyclic) bond motifs is 1. The number of azide groups is 1. The van der Waals surface area contributed by atoms with Crippen molar-refractivity contribution in [3.05, 3.63) is 10.4 Å². The summed E-state index contributed by atoms with van der Waals surface area (Å²) in [5, 5.41) is 15.6. The standard InChI is InChI=1S/C49H92N3O16P/c1-8-15-23-54-31-34-39(42(57-26-18-11-4)44(59-28-20-13-6)46(63-34)61-30-22-51-52-50)67-48-45(60-29-21-14-7)43(58-27-19-12-5)40(35(64-48)32-55-24-16-9-2)66-47-41(56-25-17-10-3)37(53)38-36(65-47)33-62-49(69)68-38/h34-49,53H,8-33,69H2,1-7H3/t34?,35?,36?,37-,38-,39+,40-,41?,42?,43?,44-,45-,46+,47+,48-,49?/m0/s1. The monoisotopic (exact) mass is 1010 g/mol. The summed E-state index contributed by atoms with van der Waals surface area (Å²) in [7, 11) is 2.50. The van der Waals surface area contributed by atoms with Gasteiger partial charge in [-0.15, -0.1) is 0 Å². The summed E-state index contributed by atoms with van der Waals surface area (Å²) in [5.41, 5.74) is 9.02. The van der Waals surface area contributed by atoms with Gasteiger partial charge in [0.1, 0.15) is 73.2 Å². The highest BCUT2D eigenvalue weighted by Crippen LogP contribution is 2.39. The van der Waals surface area contributed by atoms with E-state index in [2.05, 4.69) is 67.7 Å². The predicted octanol–water partition coefficient (Wildman–Crippen LogP) is 7.75. The van der Waals surface area contributed by atoms with E-state index in [1.807, 2.05) is 0 Å². The minimum atomic E-state index is -1.08. The fourth-order valence-corrected chi connectivity index (χ4v) is 8.76. The van der Waals surface area contributed by atoms with Crippen LogP contribution in [0.25, 0.3) is 10.4 Å². The Hall–Kier alpha value is -0.900. The van der Waals surface area contributed by atoms with Crippen LogP contribution >= 0.6 is 9.24 Å². The van der Waals surface area contributed by atoms with Gasteiger partial charge in [0.2, 0.25) is 0 Å². The number of unbranched alkanes of at least 4 members (excludes halogenated alkanes) is 7. The van der Waals surface area contributed by atoms with Crippen LogP contribution in [0.15, 0.2) is 5.11 Å². The van der Waals surface area contributed by atoms with Crippen molar-refractivity contribution in [2.24, 2.45) is 5.11 Å². The highest BCUT2D eigenvalue weighted by molar-refractivity contribution is 7.16. The van der Waals surface area contributed by atoms with E-state index in [1.54, 1.807) is 0 Å². The number of nitrogens with zero attached hydrogens (tertiary/aromatic N) is 3. The Morgan fingerprint density at radius 1 is 0.507 bits per heavy atom. The van der Waals surface area contributed by atoms with Crippen LogP contribution in [-0.2, 0) is 71.1 Å². The lowest BCUT2D eigenvalue weighted by Crippen LogP contribution is -2.68. The van der Waals surface area contributed by atoms with Crippen LogP contribution in [0.5, 0.6) is 0 Å². The molecule has 69 heavy (non-hydrogen) atoms. The molecule has 0 aromatic heterocycles. The molecule has 8 unspecified atom stereocenters. The molecule has 0 aliphatic carbocycles. The van der Waals surface area contributed by atoms with E-state index in [0.29, 0.717) is 46.2 Å². The van der Waals surface area contributed by atoms with Gasteiger partial charge in [-0.2, -0.15) is 0 Å². The molecule has 17 atom stereocenters. The molecule has 4 rings (SSSR count). The van der Waals surface area contributed by atoms with E-state index in [1.165, 1.54) is 0 Å². The van der Waals surface area contributed by atoms with Crippen LogP contribution in [0.3, 0.4) is 0 Å². The van der Waals surface area contributed by atoms with Crippen molar-refractivity contribution < 1.29 is 76.2 Å². The molecule has 20 heteroatoms. The SMILES string of the molecule is CCCCOCC1O[C@@H](OCCN=[N+]=[N-])[C@@H](OCCCC)C(OCCCC)[C@@H]1O[C@@H]1OC(COCCCC)[C@H](O[C@H]2OC3COC(P)O[C@@H]3[C@H](O)C2OCCCC)C(OCCCC)[C@@H]1OCCCC. The van der Waals surface area contributed by atoms with Gasteiger partial charge in [0.05, 0.1) is 26.4 Å². The number of hydrogen-bond acceptors (Lipinski definition) is 17. The maximum absolute atomic E-state index is 11.9. The summed E-state index contributed by atoms with van der Waals surface area (Å²) in [4.78, 5) is 2.91. The first-order valence-corrected chi connectivity index (χ1v) is 27.3. The third-order valence-corrected chi connectivity index (χ3v) is 12.9. The van der Waals surface area contributed by atoms with Gasteiger partial charge >= 0.3 is 0 Å². The zero-order valence-electron chi connectivity index (χ0n) is 43.1. The first-order chi connectivity index (χ1) is 33.8. The number of ether oxygens (including phenoxy) is 15. The van der Waals surface area contributed by atoms with Crippen LogP contribution < -0.4 is 0 Å². The first-order valence-electron chi connectivity index (χ1n) is 26.6. The second-order valence-electron chi connectivity index (χ2n) is 18.3. The van der Waals surface area contributed by atoms with Gasteiger partial charge in [-0.1, -0.05) is 108 Å². The van der Waals surface area contributed by atoms with Crippen molar-refractivity contribution in [3.63, 3.8) is 0 Å². The molecule has 404 valence electrons. The maximum atomic E-state index is 11.9. The van der Waals surface area contributed by atoms with Gasteiger partial charge < -0.3 is 76.2 Å². The minimum Gasteiger partial charge on any atom is -0.387 e. The first kappa shape index (κ1) is 60.7. The molecule has 0 aromatic rings. The molecule has 0 aromatic carbocycles. The number of aliphatic hydroxyl groups excluding tert-OH is 1. The van der Waals surface area contributed by atoms with Crippen LogP contribution in [0, 0.1) is 0 Å². The average Bonchev–Trinajstić information content (AvgIpc) is 3.34. The third kappa shape index (κ3) is 20.0. The minimum absolute atomic E-state index is 0.113. The van der Waals surface area contributed by atoms with Crippen molar-refractivity contribution in [2.45, 2.75) is 237 Å². The summed E-state index contributed by atoms with van der Waals surface area (Å²) < 4.78 is 99.5. The van der Waals surface area contributed by atoms with Crippen molar-refractivity contribution >= 4 is 9.24 Å². The lowest BCUT2D eigenvalue weighted by molar-refractivity contribution is -0.397. The molecule has 4 heterocycles. The molecule has 4 saturated heterocycles. The number of rotatable bonds is 38. The van der Waals surface area contributed by atoms with E-state index in [4.69, 9.17) is 76.6 Å². The fourth-order valence-electron chi connectivity index (χ4n) is 8.47. The van der Waals surface area contributed by atoms with Gasteiger partial charge in [-0.25, -0.2) is 0 Å². The zero-order valence-corrected chi connectivity index (χ0v) is 44.3. The maximum Gasteiger partial charge on any atom is 0.187 e. The normalized spacial score (nSPS) is 33.8. The van der Waals surface area contributed by atoms with Gasteiger partial charge in [0, 0.05) is 57.7 Å². The van der Waals surface area contributed by atoms with Crippen LogP contribution in [0.4, 0.5) is 0 Å². The van der Waals surface area contributed by atoms with Gasteiger partial charge in [0.25, 0.3) is 0 Å². The van der Waals surface area contributed by atoms with Crippen molar-refractivity contribution in [3.8, 4) is 0 Å². The summed E-state index contributed by atoms with van der Waals surface area (Å²) >= 11 is 0. The van der Waals surface area contributed by atoms with E-state index in [0.717, 1.165) is 89.9 Å². The van der Waals surface area contributed by atoms with Crippen LogP contribution in [-0.4, -0.2) is 182 Å². The Morgan fingerprint density at radius 2 is 0.928 bits per heavy atom. The fraction of sp³-hybridized carbons (Fsp3) is 1.00. The number of aliphatic hydroxyl groups is 1. The van der Waals surface area contributed by atoms with Gasteiger partial charge in [-0.05, 0) is 50.5 Å². The predicted molar refractivity (Wildman–Crippen MR) is 261 cm³/mol. The summed E-state index contributed by atoms with van der Waals surface area (Å²) in [5.74, 6) is 0. The average molecular weight is 1010 g/mol.